The quantitative estimate of drug-likeness (QED) is 0.793. The summed E-state index contributed by atoms with van der Waals surface area (Å²) >= 11 is 0. The van der Waals surface area contributed by atoms with Crippen molar-refractivity contribution in [3.8, 4) is 0 Å². The predicted octanol–water partition coefficient (Wildman–Crippen LogP) is 0.811. The number of piperazine rings is 1. The van der Waals surface area contributed by atoms with Crippen molar-refractivity contribution in [2.75, 3.05) is 26.2 Å². The number of carbonyl (C=O) groups is 1. The third-order valence-corrected chi connectivity index (χ3v) is 4.07. The van der Waals surface area contributed by atoms with Gasteiger partial charge in [-0.1, -0.05) is 19.8 Å². The van der Waals surface area contributed by atoms with Crippen LogP contribution in [0.4, 0.5) is 0 Å². The maximum Gasteiger partial charge on any atom is 0.239 e. The first-order valence-electron chi connectivity index (χ1n) is 7.00. The lowest BCUT2D eigenvalue weighted by molar-refractivity contribution is -0.136. The van der Waals surface area contributed by atoms with Crippen molar-refractivity contribution in [1.29, 1.82) is 0 Å². The number of nitrogens with zero attached hydrogens (tertiary/aromatic N) is 2. The van der Waals surface area contributed by atoms with E-state index < -0.39 is 0 Å². The van der Waals surface area contributed by atoms with Gasteiger partial charge in [-0.3, -0.25) is 9.69 Å². The molecule has 4 nitrogen and oxygen atoms in total. The van der Waals surface area contributed by atoms with Gasteiger partial charge in [0.15, 0.2) is 0 Å². The van der Waals surface area contributed by atoms with E-state index in [1.165, 1.54) is 25.8 Å². The van der Waals surface area contributed by atoms with Gasteiger partial charge in [-0.15, -0.1) is 0 Å². The summed E-state index contributed by atoms with van der Waals surface area (Å²) in [7, 11) is 0. The first kappa shape index (κ1) is 12.8. The average Bonchev–Trinajstić information content (AvgIpc) is 2.37. The summed E-state index contributed by atoms with van der Waals surface area (Å²) in [5.74, 6) is 0.164. The van der Waals surface area contributed by atoms with Gasteiger partial charge in [-0.2, -0.15) is 0 Å². The van der Waals surface area contributed by atoms with Crippen molar-refractivity contribution < 1.29 is 4.79 Å². The van der Waals surface area contributed by atoms with Crippen LogP contribution >= 0.6 is 0 Å². The minimum Gasteiger partial charge on any atom is -0.338 e. The predicted molar refractivity (Wildman–Crippen MR) is 68.7 cm³/mol. The highest BCUT2D eigenvalue weighted by molar-refractivity contribution is 5.81. The fourth-order valence-corrected chi connectivity index (χ4v) is 3.03. The van der Waals surface area contributed by atoms with Crippen LogP contribution in [-0.2, 0) is 4.79 Å². The van der Waals surface area contributed by atoms with E-state index >= 15 is 0 Å². The van der Waals surface area contributed by atoms with Gasteiger partial charge in [-0.25, -0.2) is 0 Å². The molecule has 0 aromatic carbocycles. The molecule has 2 unspecified atom stereocenters. The lowest BCUT2D eigenvalue weighted by atomic mass is 9.99. The summed E-state index contributed by atoms with van der Waals surface area (Å²) in [6, 6.07) is 0.311. The topological polar surface area (TPSA) is 49.6 Å². The monoisotopic (exact) mass is 239 g/mol. The standard InChI is InChI=1S/C13H25N3O/c1-2-5-12(14)13(17)16-9-8-15-7-4-3-6-11(15)10-16/h11-12H,2-10,14H2,1H3. The highest BCUT2D eigenvalue weighted by Crippen LogP contribution is 2.21. The van der Waals surface area contributed by atoms with Crippen LogP contribution in [0.15, 0.2) is 0 Å². The Balaban J connectivity index is 1.88. The molecule has 0 aromatic heterocycles. The molecule has 2 aliphatic rings. The fraction of sp³-hybridized carbons (Fsp3) is 0.923. The molecule has 0 bridgehead atoms. The Hall–Kier alpha value is -0.610. The zero-order valence-corrected chi connectivity index (χ0v) is 10.9. The van der Waals surface area contributed by atoms with Crippen molar-refractivity contribution >= 4 is 5.91 Å². The Morgan fingerprint density at radius 2 is 2.18 bits per heavy atom. The van der Waals surface area contributed by atoms with E-state index in [1.54, 1.807) is 0 Å². The molecule has 2 heterocycles. The molecule has 2 aliphatic heterocycles. The molecule has 0 aromatic rings. The lowest BCUT2D eigenvalue weighted by Crippen LogP contribution is -2.58. The summed E-state index contributed by atoms with van der Waals surface area (Å²) in [5.41, 5.74) is 5.92. The number of piperidine rings is 1. The second-order valence-electron chi connectivity index (χ2n) is 5.36. The van der Waals surface area contributed by atoms with E-state index in [-0.39, 0.29) is 11.9 Å². The molecule has 2 rings (SSSR count). The van der Waals surface area contributed by atoms with E-state index in [0.29, 0.717) is 6.04 Å². The number of carbonyl (C=O) groups excluding carboxylic acids is 1. The number of fused-ring (bicyclic) bond motifs is 1. The maximum absolute atomic E-state index is 12.1. The van der Waals surface area contributed by atoms with Gasteiger partial charge in [0.25, 0.3) is 0 Å². The number of amides is 1. The van der Waals surface area contributed by atoms with Crippen LogP contribution in [0, 0.1) is 0 Å². The second kappa shape index (κ2) is 5.83. The minimum absolute atomic E-state index is 0.164. The van der Waals surface area contributed by atoms with E-state index in [9.17, 15) is 4.79 Å². The third-order valence-electron chi connectivity index (χ3n) is 4.07. The zero-order valence-electron chi connectivity index (χ0n) is 10.9. The van der Waals surface area contributed by atoms with Crippen LogP contribution in [0.1, 0.15) is 39.0 Å². The van der Waals surface area contributed by atoms with Crippen molar-refractivity contribution in [2.45, 2.75) is 51.1 Å². The molecule has 4 heteroatoms. The highest BCUT2D eigenvalue weighted by atomic mass is 16.2. The SMILES string of the molecule is CCCC(N)C(=O)N1CCN2CCCCC2C1. The van der Waals surface area contributed by atoms with E-state index in [1.807, 2.05) is 4.90 Å². The summed E-state index contributed by atoms with van der Waals surface area (Å²) < 4.78 is 0. The summed E-state index contributed by atoms with van der Waals surface area (Å²) in [6.45, 7) is 6.10. The van der Waals surface area contributed by atoms with Crippen LogP contribution in [0.5, 0.6) is 0 Å². The number of nitrogens with two attached hydrogens (primary N) is 1. The molecule has 2 atom stereocenters. The minimum atomic E-state index is -0.282. The van der Waals surface area contributed by atoms with Gasteiger partial charge in [0.05, 0.1) is 6.04 Å². The van der Waals surface area contributed by atoms with E-state index in [2.05, 4.69) is 11.8 Å². The van der Waals surface area contributed by atoms with Crippen molar-refractivity contribution in [1.82, 2.24) is 9.80 Å². The highest BCUT2D eigenvalue weighted by Gasteiger charge is 2.32. The van der Waals surface area contributed by atoms with Gasteiger partial charge < -0.3 is 10.6 Å². The molecule has 17 heavy (non-hydrogen) atoms. The molecule has 0 aliphatic carbocycles. The van der Waals surface area contributed by atoms with Crippen LogP contribution in [0.3, 0.4) is 0 Å². The van der Waals surface area contributed by atoms with Gasteiger partial charge in [-0.05, 0) is 25.8 Å². The lowest BCUT2D eigenvalue weighted by Gasteiger charge is -2.44. The van der Waals surface area contributed by atoms with E-state index in [4.69, 9.17) is 5.73 Å². The molecule has 98 valence electrons. The molecule has 0 saturated carbocycles. The first-order valence-corrected chi connectivity index (χ1v) is 7.00. The van der Waals surface area contributed by atoms with Gasteiger partial charge in [0.1, 0.15) is 0 Å². The van der Waals surface area contributed by atoms with Crippen molar-refractivity contribution in [2.24, 2.45) is 5.73 Å². The average molecular weight is 239 g/mol. The van der Waals surface area contributed by atoms with Gasteiger partial charge in [0, 0.05) is 25.7 Å². The molecular formula is C13H25N3O. The number of hydrogen-bond donors (Lipinski definition) is 1. The van der Waals surface area contributed by atoms with Gasteiger partial charge in [0.2, 0.25) is 5.91 Å². The third kappa shape index (κ3) is 2.99. The molecule has 0 radical (unpaired) electrons. The van der Waals surface area contributed by atoms with E-state index in [0.717, 1.165) is 32.5 Å². The normalized spacial score (nSPS) is 27.6. The molecule has 2 N–H and O–H groups in total. The Bertz CT molecular complexity index is 269. The Morgan fingerprint density at radius 1 is 1.35 bits per heavy atom. The van der Waals surface area contributed by atoms with Crippen molar-refractivity contribution in [3.05, 3.63) is 0 Å². The fourth-order valence-electron chi connectivity index (χ4n) is 3.03. The van der Waals surface area contributed by atoms with Crippen LogP contribution in [0.25, 0.3) is 0 Å². The molecule has 2 saturated heterocycles. The summed E-state index contributed by atoms with van der Waals surface area (Å²) in [6.07, 6.45) is 5.66. The Kier molecular flexibility index (Phi) is 4.40. The molecule has 2 fully saturated rings. The van der Waals surface area contributed by atoms with Gasteiger partial charge >= 0.3 is 0 Å². The molecule has 1 amide bonds. The molecule has 0 spiro atoms. The maximum atomic E-state index is 12.1. The smallest absolute Gasteiger partial charge is 0.239 e. The summed E-state index contributed by atoms with van der Waals surface area (Å²) in [4.78, 5) is 16.7. The Labute approximate surface area is 104 Å². The van der Waals surface area contributed by atoms with Crippen molar-refractivity contribution in [3.63, 3.8) is 0 Å². The Morgan fingerprint density at radius 3 is 2.94 bits per heavy atom. The first-order chi connectivity index (χ1) is 8.22. The zero-order chi connectivity index (χ0) is 12.3. The van der Waals surface area contributed by atoms with Crippen LogP contribution in [-0.4, -0.2) is 54.0 Å². The number of hydrogen-bond acceptors (Lipinski definition) is 3. The summed E-state index contributed by atoms with van der Waals surface area (Å²) in [5, 5.41) is 0. The largest absolute Gasteiger partial charge is 0.338 e. The molecular weight excluding hydrogens is 214 g/mol. The second-order valence-corrected chi connectivity index (χ2v) is 5.36. The van der Waals surface area contributed by atoms with Crippen LogP contribution in [0.2, 0.25) is 0 Å². The van der Waals surface area contributed by atoms with Crippen LogP contribution < -0.4 is 5.73 Å². The number of rotatable bonds is 3.